The summed E-state index contributed by atoms with van der Waals surface area (Å²) in [5.41, 5.74) is 3.41. The number of hydrogen-bond donors (Lipinski definition) is 1. The fraction of sp³-hybridized carbons (Fsp3) is 0.208. The minimum Gasteiger partial charge on any atom is -0.489 e. The molecule has 33 heavy (non-hydrogen) atoms. The molecule has 0 saturated carbocycles. The van der Waals surface area contributed by atoms with Gasteiger partial charge >= 0.3 is 0 Å². The molecule has 0 fully saturated rings. The maximum Gasteiger partial charge on any atom is 0.278 e. The van der Waals surface area contributed by atoms with Crippen LogP contribution in [0, 0.1) is 32.4 Å². The van der Waals surface area contributed by atoms with Crippen molar-refractivity contribution in [2.45, 2.75) is 33.9 Å². The van der Waals surface area contributed by atoms with E-state index in [0.717, 1.165) is 11.3 Å². The number of amides is 1. The number of carbonyl (C=O) groups excluding carboxylic acids is 1. The number of halogens is 2. The van der Waals surface area contributed by atoms with Gasteiger partial charge in [-0.25, -0.2) is 8.78 Å². The van der Waals surface area contributed by atoms with E-state index >= 15 is 0 Å². The summed E-state index contributed by atoms with van der Waals surface area (Å²) in [6, 6.07) is 11.8. The fourth-order valence-corrected chi connectivity index (χ4v) is 3.39. The lowest BCUT2D eigenvalue weighted by Gasteiger charge is -2.08. The van der Waals surface area contributed by atoms with Gasteiger partial charge in [0.25, 0.3) is 5.91 Å². The highest BCUT2D eigenvalue weighted by Gasteiger charge is 2.23. The Morgan fingerprint density at radius 3 is 2.33 bits per heavy atom. The van der Waals surface area contributed by atoms with Crippen LogP contribution in [0.15, 0.2) is 53.1 Å². The molecule has 4 aromatic rings. The Balaban J connectivity index is 1.50. The number of hydrogen-bond acceptors (Lipinski definition) is 5. The molecule has 2 aromatic carbocycles. The molecule has 170 valence electrons. The number of anilines is 1. The zero-order chi connectivity index (χ0) is 23.5. The van der Waals surface area contributed by atoms with E-state index in [9.17, 15) is 13.6 Å². The van der Waals surface area contributed by atoms with E-state index in [1.165, 1.54) is 36.4 Å². The number of benzene rings is 2. The van der Waals surface area contributed by atoms with Crippen LogP contribution in [0.2, 0.25) is 0 Å². The van der Waals surface area contributed by atoms with Crippen molar-refractivity contribution in [3.05, 3.63) is 94.1 Å². The Morgan fingerprint density at radius 1 is 1.03 bits per heavy atom. The van der Waals surface area contributed by atoms with Gasteiger partial charge in [-0.3, -0.25) is 9.48 Å². The second kappa shape index (κ2) is 9.23. The molecule has 4 rings (SSSR count). The van der Waals surface area contributed by atoms with Crippen molar-refractivity contribution in [2.75, 3.05) is 5.32 Å². The second-order valence-electron chi connectivity index (χ2n) is 7.59. The standard InChI is InChI=1S/C24H22F2N4O3/c1-14-22(15(2)30(28-14)12-17-4-6-18(25)7-5-17)27-24(31)23-21(16(3)33-29-23)13-32-20-10-8-19(26)9-11-20/h4-11H,12-13H2,1-3H3,(H,27,31). The minimum absolute atomic E-state index is 0.0332. The number of rotatable bonds is 7. The second-order valence-corrected chi connectivity index (χ2v) is 7.59. The quantitative estimate of drug-likeness (QED) is 0.429. The molecule has 0 unspecified atom stereocenters. The Kier molecular flexibility index (Phi) is 6.21. The highest BCUT2D eigenvalue weighted by atomic mass is 19.1. The van der Waals surface area contributed by atoms with E-state index in [-0.39, 0.29) is 23.9 Å². The van der Waals surface area contributed by atoms with E-state index in [1.807, 2.05) is 6.92 Å². The van der Waals surface area contributed by atoms with Crippen molar-refractivity contribution >= 4 is 11.6 Å². The number of ether oxygens (including phenoxy) is 1. The molecule has 0 aliphatic heterocycles. The number of nitrogens with zero attached hydrogens (tertiary/aromatic N) is 3. The first-order valence-electron chi connectivity index (χ1n) is 10.2. The first kappa shape index (κ1) is 22.2. The van der Waals surface area contributed by atoms with Crippen molar-refractivity contribution in [2.24, 2.45) is 0 Å². The average Bonchev–Trinajstić information content (AvgIpc) is 3.29. The lowest BCUT2D eigenvalue weighted by atomic mass is 10.2. The fourth-order valence-electron chi connectivity index (χ4n) is 3.39. The molecule has 0 spiro atoms. The van der Waals surface area contributed by atoms with Crippen LogP contribution in [0.1, 0.15) is 38.8 Å². The summed E-state index contributed by atoms with van der Waals surface area (Å²) >= 11 is 0. The smallest absolute Gasteiger partial charge is 0.278 e. The first-order chi connectivity index (χ1) is 15.8. The van der Waals surface area contributed by atoms with Crippen LogP contribution in [0.3, 0.4) is 0 Å². The van der Waals surface area contributed by atoms with Gasteiger partial charge in [0.2, 0.25) is 0 Å². The van der Waals surface area contributed by atoms with Crippen molar-refractivity contribution in [1.29, 1.82) is 0 Å². The number of carbonyl (C=O) groups is 1. The summed E-state index contributed by atoms with van der Waals surface area (Å²) in [6.07, 6.45) is 0. The molecule has 0 aliphatic rings. The molecule has 7 nitrogen and oxygen atoms in total. The number of aryl methyl sites for hydroxylation is 2. The average molecular weight is 452 g/mol. The van der Waals surface area contributed by atoms with Crippen LogP contribution in [-0.2, 0) is 13.2 Å². The van der Waals surface area contributed by atoms with Crippen molar-refractivity contribution in [3.63, 3.8) is 0 Å². The third-order valence-corrected chi connectivity index (χ3v) is 5.26. The van der Waals surface area contributed by atoms with Crippen LogP contribution in [0.5, 0.6) is 5.75 Å². The van der Waals surface area contributed by atoms with Crippen LogP contribution in [0.4, 0.5) is 14.5 Å². The van der Waals surface area contributed by atoms with Crippen LogP contribution < -0.4 is 10.1 Å². The van der Waals surface area contributed by atoms with Crippen molar-refractivity contribution in [1.82, 2.24) is 14.9 Å². The third-order valence-electron chi connectivity index (χ3n) is 5.26. The number of aromatic nitrogens is 3. The predicted octanol–water partition coefficient (Wildman–Crippen LogP) is 4.95. The molecule has 2 heterocycles. The van der Waals surface area contributed by atoms with Gasteiger partial charge in [0.05, 0.1) is 29.2 Å². The summed E-state index contributed by atoms with van der Waals surface area (Å²) < 4.78 is 38.9. The van der Waals surface area contributed by atoms with E-state index in [4.69, 9.17) is 9.26 Å². The lowest BCUT2D eigenvalue weighted by molar-refractivity contribution is 0.101. The summed E-state index contributed by atoms with van der Waals surface area (Å²) in [5, 5.41) is 11.2. The molecular formula is C24H22F2N4O3. The Labute approximate surface area is 189 Å². The third kappa shape index (κ3) is 4.92. The highest BCUT2D eigenvalue weighted by Crippen LogP contribution is 2.23. The van der Waals surface area contributed by atoms with Crippen molar-refractivity contribution < 1.29 is 22.8 Å². The van der Waals surface area contributed by atoms with E-state index in [1.54, 1.807) is 30.7 Å². The lowest BCUT2D eigenvalue weighted by Crippen LogP contribution is -2.16. The Hall–Kier alpha value is -4.01. The topological polar surface area (TPSA) is 82.2 Å². The molecule has 0 atom stereocenters. The molecule has 1 amide bonds. The molecule has 0 aliphatic carbocycles. The van der Waals surface area contributed by atoms with Gasteiger partial charge in [0.15, 0.2) is 5.69 Å². The van der Waals surface area contributed by atoms with Crippen LogP contribution >= 0.6 is 0 Å². The predicted molar refractivity (Wildman–Crippen MR) is 117 cm³/mol. The largest absolute Gasteiger partial charge is 0.489 e. The Morgan fingerprint density at radius 2 is 1.67 bits per heavy atom. The highest BCUT2D eigenvalue weighted by molar-refractivity contribution is 6.04. The summed E-state index contributed by atoms with van der Waals surface area (Å²) in [6.45, 7) is 5.78. The molecule has 1 N–H and O–H groups in total. The Bertz CT molecular complexity index is 1280. The van der Waals surface area contributed by atoms with Gasteiger partial charge < -0.3 is 14.6 Å². The first-order valence-corrected chi connectivity index (χ1v) is 10.2. The number of nitrogens with one attached hydrogen (secondary N) is 1. The normalized spacial score (nSPS) is 10.9. The van der Waals surface area contributed by atoms with E-state index < -0.39 is 5.91 Å². The van der Waals surface area contributed by atoms with Crippen LogP contribution in [0.25, 0.3) is 0 Å². The van der Waals surface area contributed by atoms with E-state index in [0.29, 0.717) is 35.0 Å². The van der Waals surface area contributed by atoms with E-state index in [2.05, 4.69) is 15.6 Å². The monoisotopic (exact) mass is 452 g/mol. The van der Waals surface area contributed by atoms with Gasteiger partial charge in [-0.1, -0.05) is 17.3 Å². The molecule has 9 heteroatoms. The summed E-state index contributed by atoms with van der Waals surface area (Å²) in [4.78, 5) is 13.0. The van der Waals surface area contributed by atoms with Gasteiger partial charge in [-0.05, 0) is 62.7 Å². The van der Waals surface area contributed by atoms with Gasteiger partial charge in [0, 0.05) is 0 Å². The SMILES string of the molecule is Cc1nn(Cc2ccc(F)cc2)c(C)c1NC(=O)c1noc(C)c1COc1ccc(F)cc1. The minimum atomic E-state index is -0.461. The maximum absolute atomic E-state index is 13.2. The van der Waals surface area contributed by atoms with Gasteiger partial charge in [-0.2, -0.15) is 5.10 Å². The molecule has 0 saturated heterocycles. The molecular weight excluding hydrogens is 430 g/mol. The molecule has 0 radical (unpaired) electrons. The van der Waals surface area contributed by atoms with Crippen molar-refractivity contribution in [3.8, 4) is 5.75 Å². The molecule has 2 aromatic heterocycles. The summed E-state index contributed by atoms with van der Waals surface area (Å²) in [5.74, 6) is -0.228. The van der Waals surface area contributed by atoms with Gasteiger partial charge in [-0.15, -0.1) is 0 Å². The van der Waals surface area contributed by atoms with Crippen LogP contribution in [-0.4, -0.2) is 20.8 Å². The zero-order valence-corrected chi connectivity index (χ0v) is 18.4. The summed E-state index contributed by atoms with van der Waals surface area (Å²) in [7, 11) is 0. The van der Waals surface area contributed by atoms with Gasteiger partial charge in [0.1, 0.15) is 29.8 Å². The molecule has 0 bridgehead atoms. The maximum atomic E-state index is 13.2. The zero-order valence-electron chi connectivity index (χ0n) is 18.4.